The molecule has 7 aromatic rings. The summed E-state index contributed by atoms with van der Waals surface area (Å²) < 4.78 is 17.9. The molecule has 0 atom stereocenters. The first-order chi connectivity index (χ1) is 32.2. The summed E-state index contributed by atoms with van der Waals surface area (Å²) in [5, 5.41) is 38.8. The molecule has 0 N–H and O–H groups in total. The fraction of sp³-hybridized carbons (Fsp3) is 0.154. The number of carbonyl (C=O) groups excluding carboxylic acids is 2. The van der Waals surface area contributed by atoms with Crippen LogP contribution in [0.25, 0.3) is 0 Å². The van der Waals surface area contributed by atoms with E-state index in [1.54, 1.807) is 97.3 Å². The third kappa shape index (κ3) is 13.9. The summed E-state index contributed by atoms with van der Waals surface area (Å²) in [6, 6.07) is 57.9. The Labute approximate surface area is 384 Å². The van der Waals surface area contributed by atoms with E-state index < -0.39 is 19.3 Å². The van der Waals surface area contributed by atoms with Crippen LogP contribution in [0.1, 0.15) is 75.5 Å². The summed E-state index contributed by atoms with van der Waals surface area (Å²) >= 11 is 0. The number of ether oxygens (including phenoxy) is 2. The number of esters is 2. The number of nitrogens with zero attached hydrogens (tertiary/aromatic N) is 4. The number of carbonyl (C=O) groups is 2. The summed E-state index contributed by atoms with van der Waals surface area (Å²) in [6.07, 6.45) is 4.62. The Morgan fingerprint density at radius 3 is 1.24 bits per heavy atom. The molecule has 14 heteroatoms. The molecular weight excluding hydrogens is 835 g/mol. The molecule has 0 fully saturated rings. The molecule has 5 aromatic carbocycles. The van der Waals surface area contributed by atoms with Crippen LogP contribution < -0.4 is 38.7 Å². The lowest BCUT2D eigenvalue weighted by atomic mass is 9.67. The lowest BCUT2D eigenvalue weighted by molar-refractivity contribution is -0.892. The average Bonchev–Trinajstić information content (AvgIpc) is 3.36. The standard InChI is InChI=1S/C22H21BO3.2C15H13N2O3/c24-23(25)26-18-10-17-22(19-11-4-1-5-12-19,20-13-6-2-7-14-20)21-15-8-3-9-16-21;2*1-2-19-17-10-4-3-5-14(17)15(18)20-13-8-6-12(11-16)7-9-13/h1-9,11-16H,10,17-18H2;2*3-10H,2H2,1H3/q-2;2*+1. The fourth-order valence-corrected chi connectivity index (χ4v) is 6.81. The minimum atomic E-state index is -2.23. The second-order valence-electron chi connectivity index (χ2n) is 14.0. The van der Waals surface area contributed by atoms with Crippen molar-refractivity contribution in [2.24, 2.45) is 0 Å². The van der Waals surface area contributed by atoms with Gasteiger partial charge in [0.2, 0.25) is 12.4 Å². The zero-order valence-corrected chi connectivity index (χ0v) is 36.5. The van der Waals surface area contributed by atoms with E-state index in [9.17, 15) is 19.6 Å². The lowest BCUT2D eigenvalue weighted by Crippen LogP contribution is -2.48. The maximum absolute atomic E-state index is 12.1. The maximum Gasteiger partial charge on any atom is 0.414 e. The quantitative estimate of drug-likeness (QED) is 0.0297. The van der Waals surface area contributed by atoms with Crippen LogP contribution in [-0.4, -0.2) is 39.1 Å². The molecule has 0 spiro atoms. The van der Waals surface area contributed by atoms with E-state index in [-0.39, 0.29) is 12.0 Å². The van der Waals surface area contributed by atoms with Crippen LogP contribution in [0.5, 0.6) is 11.5 Å². The monoisotopic (exact) mass is 882 g/mol. The van der Waals surface area contributed by atoms with Crippen molar-refractivity contribution in [3.05, 3.63) is 228 Å². The van der Waals surface area contributed by atoms with Gasteiger partial charge < -0.3 is 24.2 Å². The minimum absolute atomic E-state index is 0.159. The molecule has 0 aliphatic rings. The molecular formula is C52H47BN4O9. The van der Waals surface area contributed by atoms with E-state index >= 15 is 0 Å². The Hall–Kier alpha value is -8.14. The number of nitriles is 2. The molecule has 2 heterocycles. The van der Waals surface area contributed by atoms with Crippen molar-refractivity contribution >= 4 is 19.3 Å². The van der Waals surface area contributed by atoms with Crippen LogP contribution in [0.15, 0.2) is 188 Å². The van der Waals surface area contributed by atoms with Crippen LogP contribution in [0.2, 0.25) is 0 Å². The van der Waals surface area contributed by atoms with Crippen molar-refractivity contribution in [1.82, 2.24) is 0 Å². The van der Waals surface area contributed by atoms with Gasteiger partial charge in [0.25, 0.3) is 0 Å². The predicted octanol–water partition coefficient (Wildman–Crippen LogP) is 5.55. The van der Waals surface area contributed by atoms with E-state index in [2.05, 4.69) is 36.4 Å². The summed E-state index contributed by atoms with van der Waals surface area (Å²) in [6.45, 7) is 4.69. The summed E-state index contributed by atoms with van der Waals surface area (Å²) in [5.74, 6) is -0.297. The fourth-order valence-electron chi connectivity index (χ4n) is 6.81. The summed E-state index contributed by atoms with van der Waals surface area (Å²) in [7, 11) is -2.23. The smallest absolute Gasteiger partial charge is 0.414 e. The van der Waals surface area contributed by atoms with Gasteiger partial charge in [-0.15, -0.1) is 0 Å². The van der Waals surface area contributed by atoms with Crippen molar-refractivity contribution in [3.8, 4) is 23.6 Å². The van der Waals surface area contributed by atoms with Crippen LogP contribution in [0.4, 0.5) is 0 Å². The van der Waals surface area contributed by atoms with E-state index in [4.69, 9.17) is 34.3 Å². The molecule has 0 saturated heterocycles. The maximum atomic E-state index is 12.1. The second kappa shape index (κ2) is 25.8. The third-order valence-corrected chi connectivity index (χ3v) is 9.74. The van der Waals surface area contributed by atoms with Gasteiger partial charge in [-0.05, 0) is 104 Å². The van der Waals surface area contributed by atoms with E-state index in [1.165, 1.54) is 26.2 Å². The number of rotatable bonds is 16. The molecule has 13 nitrogen and oxygen atoms in total. The van der Waals surface area contributed by atoms with Crippen LogP contribution in [0, 0.1) is 22.7 Å². The topological polar surface area (TPSA) is 182 Å². The van der Waals surface area contributed by atoms with Crippen LogP contribution in [-0.2, 0) is 10.1 Å². The predicted molar refractivity (Wildman–Crippen MR) is 240 cm³/mol. The van der Waals surface area contributed by atoms with Gasteiger partial charge in [-0.3, -0.25) is 9.68 Å². The summed E-state index contributed by atoms with van der Waals surface area (Å²) in [5.41, 5.74) is 4.77. The SMILES string of the molecule is CCO[n+]1ccccc1C(=O)Oc1ccc(C#N)cc1.CCO[n+]1ccccc1C(=O)Oc1ccc(C#N)cc1.[O-]B([O-])OCCCC(c1ccccc1)(c1ccccc1)c1ccccc1. The highest BCUT2D eigenvalue weighted by Crippen LogP contribution is 2.43. The zero-order valence-electron chi connectivity index (χ0n) is 36.5. The number of hydrogen-bond donors (Lipinski definition) is 0. The van der Waals surface area contributed by atoms with E-state index in [0.717, 1.165) is 6.42 Å². The zero-order chi connectivity index (χ0) is 47.0. The van der Waals surface area contributed by atoms with Crippen molar-refractivity contribution in [2.75, 3.05) is 19.8 Å². The Kier molecular flexibility index (Phi) is 19.1. The molecule has 66 heavy (non-hydrogen) atoms. The second-order valence-corrected chi connectivity index (χ2v) is 14.0. The van der Waals surface area contributed by atoms with Gasteiger partial charge in [-0.25, -0.2) is 9.59 Å². The van der Waals surface area contributed by atoms with Gasteiger partial charge >= 0.3 is 23.3 Å². The van der Waals surface area contributed by atoms with E-state index in [1.807, 2.05) is 80.6 Å². The molecule has 0 radical (unpaired) electrons. The largest absolute Gasteiger partial charge is 0.871 e. The molecule has 332 valence electrons. The van der Waals surface area contributed by atoms with Crippen molar-refractivity contribution in [1.29, 1.82) is 10.5 Å². The molecule has 0 aliphatic carbocycles. The molecule has 0 unspecified atom stereocenters. The van der Waals surface area contributed by atoms with Crippen molar-refractivity contribution in [3.63, 3.8) is 0 Å². The molecule has 0 saturated carbocycles. The average molecular weight is 883 g/mol. The van der Waals surface area contributed by atoms with Crippen molar-refractivity contribution in [2.45, 2.75) is 32.1 Å². The first kappa shape index (κ1) is 48.9. The minimum Gasteiger partial charge on any atom is -0.871 e. The summed E-state index contributed by atoms with van der Waals surface area (Å²) in [4.78, 5) is 34.8. The highest BCUT2D eigenvalue weighted by molar-refractivity contribution is 6.28. The molecule has 7 rings (SSSR count). The first-order valence-electron chi connectivity index (χ1n) is 21.0. The Morgan fingerprint density at radius 2 is 0.909 bits per heavy atom. The van der Waals surface area contributed by atoms with Crippen LogP contribution in [0.3, 0.4) is 0 Å². The van der Waals surface area contributed by atoms with Gasteiger partial charge in [0.1, 0.15) is 11.5 Å². The number of aromatic nitrogens is 2. The number of pyridine rings is 2. The van der Waals surface area contributed by atoms with Gasteiger partial charge in [0, 0.05) is 45.7 Å². The van der Waals surface area contributed by atoms with Crippen LogP contribution >= 0.6 is 0 Å². The molecule has 0 amide bonds. The molecule has 0 bridgehead atoms. The van der Waals surface area contributed by atoms with Gasteiger partial charge in [0.05, 0.1) is 30.6 Å². The van der Waals surface area contributed by atoms with Gasteiger partial charge in [0.15, 0.2) is 13.2 Å². The van der Waals surface area contributed by atoms with Gasteiger partial charge in [-0.1, -0.05) is 91.0 Å². The van der Waals surface area contributed by atoms with E-state index in [0.29, 0.717) is 53.6 Å². The lowest BCUT2D eigenvalue weighted by Gasteiger charge is -2.37. The molecule has 0 aliphatic heterocycles. The highest BCUT2D eigenvalue weighted by atomic mass is 16.7. The van der Waals surface area contributed by atoms with Gasteiger partial charge in [-0.2, -0.15) is 10.5 Å². The Bertz CT molecular complexity index is 2450. The number of hydrogen-bond acceptors (Lipinski definition) is 11. The molecule has 2 aromatic heterocycles. The highest BCUT2D eigenvalue weighted by Gasteiger charge is 2.35. The Morgan fingerprint density at radius 1 is 0.545 bits per heavy atom. The first-order valence-corrected chi connectivity index (χ1v) is 21.0. The van der Waals surface area contributed by atoms with Crippen molar-refractivity contribution < 1.29 is 52.9 Å². The normalized spacial score (nSPS) is 10.3. The number of benzene rings is 5. The Balaban J connectivity index is 0.000000188. The third-order valence-electron chi connectivity index (χ3n) is 9.74.